The average molecular weight is 286 g/mol. The summed E-state index contributed by atoms with van der Waals surface area (Å²) in [6.07, 6.45) is 7.04. The van der Waals surface area contributed by atoms with Crippen molar-refractivity contribution >= 4 is 12.6 Å². The summed E-state index contributed by atoms with van der Waals surface area (Å²) < 4.78 is 13.8. The smallest absolute Gasteiger partial charge is 0.399 e. The second-order valence-corrected chi connectivity index (χ2v) is 6.25. The lowest BCUT2D eigenvalue weighted by Gasteiger charge is -2.32. The van der Waals surface area contributed by atoms with Crippen LogP contribution >= 0.6 is 0 Å². The second-order valence-electron chi connectivity index (χ2n) is 6.25. The van der Waals surface area contributed by atoms with Crippen molar-refractivity contribution in [1.82, 2.24) is 19.5 Å². The minimum absolute atomic E-state index is 0.364. The molecule has 0 N–H and O–H groups in total. The number of aromatic nitrogens is 4. The van der Waals surface area contributed by atoms with E-state index in [1.165, 1.54) is 0 Å². The van der Waals surface area contributed by atoms with Gasteiger partial charge in [-0.1, -0.05) is 0 Å². The van der Waals surface area contributed by atoms with E-state index in [2.05, 4.69) is 15.0 Å². The predicted molar refractivity (Wildman–Crippen MR) is 79.6 cm³/mol. The van der Waals surface area contributed by atoms with Crippen molar-refractivity contribution < 1.29 is 9.31 Å². The summed E-state index contributed by atoms with van der Waals surface area (Å²) in [5.74, 6) is 1.43. The van der Waals surface area contributed by atoms with Gasteiger partial charge in [0.05, 0.1) is 11.2 Å². The highest BCUT2D eigenvalue weighted by Crippen LogP contribution is 2.36. The first-order valence-corrected chi connectivity index (χ1v) is 6.98. The quantitative estimate of drug-likeness (QED) is 0.778. The summed E-state index contributed by atoms with van der Waals surface area (Å²) in [6, 6.07) is 0. The molecule has 2 aromatic heterocycles. The van der Waals surface area contributed by atoms with Gasteiger partial charge in [0.2, 0.25) is 5.95 Å². The molecule has 0 bridgehead atoms. The molecule has 1 fully saturated rings. The maximum absolute atomic E-state index is 5.98. The van der Waals surface area contributed by atoms with Crippen LogP contribution in [-0.2, 0) is 9.31 Å². The molecular formula is C14H19BN4O2. The Morgan fingerprint density at radius 1 is 1.00 bits per heavy atom. The van der Waals surface area contributed by atoms with Gasteiger partial charge in [0.25, 0.3) is 0 Å². The molecule has 1 saturated heterocycles. The van der Waals surface area contributed by atoms with Crippen molar-refractivity contribution in [3.63, 3.8) is 0 Å². The number of hydrogen-bond acceptors (Lipinski definition) is 5. The fraction of sp³-hybridized carbons (Fsp3) is 0.500. The Hall–Kier alpha value is -1.73. The van der Waals surface area contributed by atoms with Gasteiger partial charge in [-0.2, -0.15) is 0 Å². The lowest BCUT2D eigenvalue weighted by molar-refractivity contribution is 0.00578. The lowest BCUT2D eigenvalue weighted by Crippen LogP contribution is -2.41. The number of hydrogen-bond donors (Lipinski definition) is 0. The van der Waals surface area contributed by atoms with Crippen LogP contribution in [-0.4, -0.2) is 37.8 Å². The number of rotatable bonds is 2. The third kappa shape index (κ3) is 2.36. The van der Waals surface area contributed by atoms with Crippen molar-refractivity contribution in [1.29, 1.82) is 0 Å². The maximum Gasteiger partial charge on any atom is 0.498 e. The SMILES string of the molecule is Cc1nccn1-c1ncc(B2OC(C)(C)C(C)(C)O2)cn1. The van der Waals surface area contributed by atoms with Crippen LogP contribution in [0.1, 0.15) is 33.5 Å². The van der Waals surface area contributed by atoms with Crippen molar-refractivity contribution in [3.05, 3.63) is 30.6 Å². The Labute approximate surface area is 124 Å². The van der Waals surface area contributed by atoms with E-state index in [4.69, 9.17) is 9.31 Å². The number of aryl methyl sites for hydroxylation is 1. The van der Waals surface area contributed by atoms with Crippen LogP contribution in [0.25, 0.3) is 5.95 Å². The van der Waals surface area contributed by atoms with Crippen LogP contribution in [0.5, 0.6) is 0 Å². The molecule has 7 heteroatoms. The molecule has 0 saturated carbocycles. The molecule has 0 aromatic carbocycles. The van der Waals surface area contributed by atoms with Gasteiger partial charge in [0.1, 0.15) is 5.82 Å². The van der Waals surface area contributed by atoms with Gasteiger partial charge >= 0.3 is 7.12 Å². The van der Waals surface area contributed by atoms with E-state index in [-0.39, 0.29) is 11.2 Å². The molecule has 0 aliphatic carbocycles. The Balaban J connectivity index is 1.85. The van der Waals surface area contributed by atoms with Gasteiger partial charge in [-0.15, -0.1) is 0 Å². The van der Waals surface area contributed by atoms with Gasteiger partial charge in [0, 0.05) is 30.3 Å². The van der Waals surface area contributed by atoms with E-state index >= 15 is 0 Å². The Bertz CT molecular complexity index is 635. The Morgan fingerprint density at radius 3 is 2.05 bits per heavy atom. The summed E-state index contributed by atoms with van der Waals surface area (Å²) >= 11 is 0. The normalized spacial score (nSPS) is 20.0. The topological polar surface area (TPSA) is 62.1 Å². The molecule has 1 aliphatic heterocycles. The van der Waals surface area contributed by atoms with Crippen LogP contribution in [0.2, 0.25) is 0 Å². The van der Waals surface area contributed by atoms with Crippen LogP contribution in [0, 0.1) is 6.92 Å². The van der Waals surface area contributed by atoms with Gasteiger partial charge in [0.15, 0.2) is 0 Å². The summed E-state index contributed by atoms with van der Waals surface area (Å²) in [5, 5.41) is 0. The molecule has 0 unspecified atom stereocenters. The monoisotopic (exact) mass is 286 g/mol. The van der Waals surface area contributed by atoms with Crippen molar-refractivity contribution in [2.24, 2.45) is 0 Å². The van der Waals surface area contributed by atoms with Crippen LogP contribution in [0.4, 0.5) is 0 Å². The van der Waals surface area contributed by atoms with Gasteiger partial charge in [-0.3, -0.25) is 4.57 Å². The largest absolute Gasteiger partial charge is 0.498 e. The summed E-state index contributed by atoms with van der Waals surface area (Å²) in [6.45, 7) is 10.0. The van der Waals surface area contributed by atoms with Gasteiger partial charge in [-0.25, -0.2) is 15.0 Å². The highest BCUT2D eigenvalue weighted by molar-refractivity contribution is 6.61. The maximum atomic E-state index is 5.98. The van der Waals surface area contributed by atoms with E-state index in [0.29, 0.717) is 5.95 Å². The van der Waals surface area contributed by atoms with E-state index < -0.39 is 7.12 Å². The fourth-order valence-corrected chi connectivity index (χ4v) is 2.15. The van der Waals surface area contributed by atoms with E-state index in [0.717, 1.165) is 11.3 Å². The molecule has 3 heterocycles. The van der Waals surface area contributed by atoms with Gasteiger partial charge < -0.3 is 9.31 Å². The van der Waals surface area contributed by atoms with E-state index in [1.54, 1.807) is 18.6 Å². The third-order valence-corrected chi connectivity index (χ3v) is 4.22. The molecule has 0 radical (unpaired) electrons. The summed E-state index contributed by atoms with van der Waals surface area (Å²) in [5.41, 5.74) is 0.0873. The molecule has 0 spiro atoms. The predicted octanol–water partition coefficient (Wildman–Crippen LogP) is 1.27. The van der Waals surface area contributed by atoms with Crippen LogP contribution in [0.15, 0.2) is 24.8 Å². The van der Waals surface area contributed by atoms with Crippen molar-refractivity contribution in [2.45, 2.75) is 45.8 Å². The van der Waals surface area contributed by atoms with Gasteiger partial charge in [-0.05, 0) is 34.6 Å². The van der Waals surface area contributed by atoms with E-state index in [1.807, 2.05) is 45.4 Å². The highest BCUT2D eigenvalue weighted by atomic mass is 16.7. The Morgan fingerprint density at radius 2 is 1.57 bits per heavy atom. The molecule has 2 aromatic rings. The summed E-state index contributed by atoms with van der Waals surface area (Å²) in [7, 11) is -0.437. The zero-order valence-corrected chi connectivity index (χ0v) is 13.0. The van der Waals surface area contributed by atoms with Crippen LogP contribution < -0.4 is 5.46 Å². The van der Waals surface area contributed by atoms with E-state index in [9.17, 15) is 0 Å². The number of imidazole rings is 1. The molecule has 21 heavy (non-hydrogen) atoms. The first kappa shape index (κ1) is 14.2. The molecule has 110 valence electrons. The van der Waals surface area contributed by atoms with Crippen molar-refractivity contribution in [3.8, 4) is 5.95 Å². The highest BCUT2D eigenvalue weighted by Gasteiger charge is 2.51. The molecule has 3 rings (SSSR count). The van der Waals surface area contributed by atoms with Crippen molar-refractivity contribution in [2.75, 3.05) is 0 Å². The zero-order chi connectivity index (χ0) is 15.3. The molecular weight excluding hydrogens is 267 g/mol. The zero-order valence-electron chi connectivity index (χ0n) is 13.0. The minimum atomic E-state index is -0.437. The molecule has 6 nitrogen and oxygen atoms in total. The van der Waals surface area contributed by atoms with Crippen LogP contribution in [0.3, 0.4) is 0 Å². The molecule has 0 atom stereocenters. The first-order valence-electron chi connectivity index (χ1n) is 6.98. The first-order chi connectivity index (χ1) is 9.80. The lowest BCUT2D eigenvalue weighted by atomic mass is 9.81. The average Bonchev–Trinajstić information content (AvgIpc) is 2.92. The Kier molecular flexibility index (Phi) is 3.14. The number of nitrogens with zero attached hydrogens (tertiary/aromatic N) is 4. The standard InChI is InChI=1S/C14H19BN4O2/c1-10-16-6-7-19(10)12-17-8-11(9-18-12)15-20-13(2,3)14(4,5)21-15/h6-9H,1-5H3. The fourth-order valence-electron chi connectivity index (χ4n) is 2.15. The molecule has 1 aliphatic rings. The minimum Gasteiger partial charge on any atom is -0.399 e. The molecule has 0 amide bonds. The third-order valence-electron chi connectivity index (χ3n) is 4.22. The second kappa shape index (κ2) is 4.64. The summed E-state index contributed by atoms with van der Waals surface area (Å²) in [4.78, 5) is 12.9.